The number of nitrogens with one attached hydrogen (secondary N) is 1. The molecule has 1 aromatic heterocycles. The third-order valence-electron chi connectivity index (χ3n) is 9.78. The molecule has 46 heavy (non-hydrogen) atoms. The average molecular weight is 636 g/mol. The molecule has 2 bridgehead atoms. The summed E-state index contributed by atoms with van der Waals surface area (Å²) < 4.78 is 59.7. The first kappa shape index (κ1) is 31.0. The largest absolute Gasteiger partial charge is 0.508 e. The fourth-order valence-electron chi connectivity index (χ4n) is 7.61. The minimum absolute atomic E-state index is 0.0222. The number of rotatable bonds is 8. The number of phenols is 1. The Morgan fingerprint density at radius 1 is 1.00 bits per heavy atom. The molecule has 3 fully saturated rings. The van der Waals surface area contributed by atoms with Gasteiger partial charge in [-0.2, -0.15) is 9.97 Å². The number of aryl methyl sites for hydroxylation is 1. The molecule has 4 unspecified atom stereocenters. The monoisotopic (exact) mass is 635 g/mol. The zero-order valence-electron chi connectivity index (χ0n) is 26.5. The lowest BCUT2D eigenvalue weighted by Crippen LogP contribution is -2.51. The van der Waals surface area contributed by atoms with E-state index in [1.807, 2.05) is 0 Å². The summed E-state index contributed by atoms with van der Waals surface area (Å²) in [6.07, 6.45) is 3.07. The van der Waals surface area contributed by atoms with Crippen LogP contribution in [0.25, 0.3) is 32.8 Å². The average Bonchev–Trinajstić information content (AvgIpc) is 3.37. The van der Waals surface area contributed by atoms with Crippen molar-refractivity contribution in [2.75, 3.05) is 44.4 Å². The van der Waals surface area contributed by atoms with Crippen molar-refractivity contribution in [3.8, 4) is 22.9 Å². The molecule has 0 radical (unpaired) electrons. The summed E-state index contributed by atoms with van der Waals surface area (Å²) in [5.41, 5.74) is -0.0672. The van der Waals surface area contributed by atoms with Gasteiger partial charge in [0.25, 0.3) is 0 Å². The molecular formula is C35H40F3N5O3. The van der Waals surface area contributed by atoms with Crippen LogP contribution in [-0.4, -0.2) is 83.6 Å². The van der Waals surface area contributed by atoms with Crippen molar-refractivity contribution in [1.29, 1.82) is 0 Å². The van der Waals surface area contributed by atoms with E-state index in [1.165, 1.54) is 30.3 Å². The van der Waals surface area contributed by atoms with Gasteiger partial charge in [-0.25, -0.2) is 13.2 Å². The quantitative estimate of drug-likeness (QED) is 0.230. The van der Waals surface area contributed by atoms with Gasteiger partial charge in [0, 0.05) is 49.2 Å². The summed E-state index contributed by atoms with van der Waals surface area (Å²) in [7, 11) is 0. The second kappa shape index (κ2) is 12.5. The topological polar surface area (TPSA) is 83.0 Å². The lowest BCUT2D eigenvalue weighted by atomic mass is 9.91. The molecule has 3 aliphatic heterocycles. The summed E-state index contributed by atoms with van der Waals surface area (Å²) in [6, 6.07) is 7.98. The maximum atomic E-state index is 16.8. The van der Waals surface area contributed by atoms with Crippen LogP contribution in [0.4, 0.5) is 19.0 Å². The van der Waals surface area contributed by atoms with Crippen molar-refractivity contribution in [2.45, 2.75) is 70.6 Å². The van der Waals surface area contributed by atoms with Crippen molar-refractivity contribution < 1.29 is 27.8 Å². The first-order chi connectivity index (χ1) is 22.2. The predicted molar refractivity (Wildman–Crippen MR) is 172 cm³/mol. The van der Waals surface area contributed by atoms with Crippen LogP contribution in [0.5, 0.6) is 11.8 Å². The Kier molecular flexibility index (Phi) is 8.41. The van der Waals surface area contributed by atoms with Crippen LogP contribution in [0, 0.1) is 17.5 Å². The number of halogens is 3. The molecular weight excluding hydrogens is 595 g/mol. The summed E-state index contributed by atoms with van der Waals surface area (Å²) in [5, 5.41) is 15.2. The van der Waals surface area contributed by atoms with Crippen molar-refractivity contribution in [3.63, 3.8) is 0 Å². The highest BCUT2D eigenvalue weighted by Crippen LogP contribution is 2.42. The molecule has 4 aromatic rings. The van der Waals surface area contributed by atoms with E-state index >= 15 is 8.78 Å². The van der Waals surface area contributed by atoms with E-state index in [0.29, 0.717) is 80.0 Å². The number of piperazine rings is 1. The lowest BCUT2D eigenvalue weighted by molar-refractivity contribution is -0.0380. The Labute approximate surface area is 266 Å². The van der Waals surface area contributed by atoms with Crippen LogP contribution in [-0.2, 0) is 11.2 Å². The Morgan fingerprint density at radius 2 is 1.74 bits per heavy atom. The molecule has 0 amide bonds. The van der Waals surface area contributed by atoms with Gasteiger partial charge in [-0.15, -0.1) is 0 Å². The molecule has 0 spiro atoms. The molecule has 0 saturated carbocycles. The number of phenolic OH excluding ortho intramolecular Hbond substituents is 1. The third kappa shape index (κ3) is 5.62. The van der Waals surface area contributed by atoms with Crippen molar-refractivity contribution in [3.05, 3.63) is 53.3 Å². The zero-order valence-corrected chi connectivity index (χ0v) is 26.5. The second-order valence-corrected chi connectivity index (χ2v) is 13.0. The maximum absolute atomic E-state index is 16.8. The van der Waals surface area contributed by atoms with Gasteiger partial charge in [0.2, 0.25) is 0 Å². The maximum Gasteiger partial charge on any atom is 0.319 e. The molecule has 3 saturated heterocycles. The van der Waals surface area contributed by atoms with Crippen LogP contribution >= 0.6 is 0 Å². The van der Waals surface area contributed by atoms with E-state index in [9.17, 15) is 9.50 Å². The van der Waals surface area contributed by atoms with Gasteiger partial charge in [0.15, 0.2) is 5.82 Å². The van der Waals surface area contributed by atoms with Crippen LogP contribution in [0.1, 0.15) is 45.6 Å². The van der Waals surface area contributed by atoms with Gasteiger partial charge < -0.3 is 24.8 Å². The normalized spacial score (nSPS) is 23.5. The highest BCUT2D eigenvalue weighted by Gasteiger charge is 2.35. The highest BCUT2D eigenvalue weighted by molar-refractivity contribution is 6.03. The lowest BCUT2D eigenvalue weighted by Gasteiger charge is -2.38. The van der Waals surface area contributed by atoms with Gasteiger partial charge in [0.05, 0.1) is 25.4 Å². The second-order valence-electron chi connectivity index (χ2n) is 13.0. The van der Waals surface area contributed by atoms with E-state index in [1.54, 1.807) is 6.92 Å². The van der Waals surface area contributed by atoms with Crippen LogP contribution in [0.2, 0.25) is 0 Å². The number of fused-ring (bicyclic) bond motifs is 4. The van der Waals surface area contributed by atoms with E-state index < -0.39 is 17.5 Å². The minimum Gasteiger partial charge on any atom is -0.508 e. The van der Waals surface area contributed by atoms with E-state index in [4.69, 9.17) is 14.5 Å². The molecule has 244 valence electrons. The van der Waals surface area contributed by atoms with Crippen molar-refractivity contribution in [2.24, 2.45) is 0 Å². The van der Waals surface area contributed by atoms with Gasteiger partial charge in [-0.3, -0.25) is 4.90 Å². The van der Waals surface area contributed by atoms with Gasteiger partial charge in [0.1, 0.15) is 28.7 Å². The number of morpholine rings is 1. The first-order valence-corrected chi connectivity index (χ1v) is 16.3. The van der Waals surface area contributed by atoms with E-state index in [2.05, 4.69) is 33.9 Å². The number of anilines is 1. The Hall–Kier alpha value is -3.67. The summed E-state index contributed by atoms with van der Waals surface area (Å²) in [6.45, 7) is 9.87. The number of hydrogen-bond acceptors (Lipinski definition) is 8. The standard InChI is InChI=1S/C35H40F3N5O3/c1-4-25-28(36)9-6-21-12-24(44)13-26(30(21)25)31-29(37)14-27-33(32(31)38)40-35(41-34(27)42-15-22-7-8-23(16-42)39-22)46-11-5-10-43-19(2)17-45-18-20(43)3/h6,9,12-14,19-20,22-23,39,44H,4-5,7-8,10-11,15-18H2,1-3H3. The number of nitrogens with zero attached hydrogens (tertiary/aromatic N) is 4. The SMILES string of the molecule is CCc1c(F)ccc2cc(O)cc(-c3c(F)cc4c(N5CC6CCC(C5)N6)nc(OCCCN5C(C)COCC5C)nc4c3F)c12. The van der Waals surface area contributed by atoms with Gasteiger partial charge in [-0.1, -0.05) is 13.0 Å². The number of aromatic hydroxyl groups is 1. The van der Waals surface area contributed by atoms with Crippen molar-refractivity contribution in [1.82, 2.24) is 20.2 Å². The molecule has 7 rings (SSSR count). The minimum atomic E-state index is -0.907. The van der Waals surface area contributed by atoms with Gasteiger partial charge in [-0.05, 0) is 85.7 Å². The number of benzene rings is 3. The molecule has 3 aromatic carbocycles. The fourth-order valence-corrected chi connectivity index (χ4v) is 7.61. The van der Waals surface area contributed by atoms with E-state index in [-0.39, 0.29) is 45.9 Å². The van der Waals surface area contributed by atoms with Gasteiger partial charge >= 0.3 is 6.01 Å². The Balaban J connectivity index is 1.31. The highest BCUT2D eigenvalue weighted by atomic mass is 19.1. The number of aromatic nitrogens is 2. The molecule has 8 nitrogen and oxygen atoms in total. The van der Waals surface area contributed by atoms with E-state index in [0.717, 1.165) is 19.4 Å². The summed E-state index contributed by atoms with van der Waals surface area (Å²) >= 11 is 0. The molecule has 4 heterocycles. The molecule has 3 aliphatic rings. The molecule has 0 aliphatic carbocycles. The third-order valence-corrected chi connectivity index (χ3v) is 9.78. The molecule has 11 heteroatoms. The Bertz CT molecular complexity index is 1770. The Morgan fingerprint density at radius 3 is 2.46 bits per heavy atom. The predicted octanol–water partition coefficient (Wildman–Crippen LogP) is 5.95. The number of hydrogen-bond donors (Lipinski definition) is 2. The molecule has 4 atom stereocenters. The zero-order chi connectivity index (χ0) is 32.1. The summed E-state index contributed by atoms with van der Waals surface area (Å²) in [5.74, 6) is -1.97. The van der Waals surface area contributed by atoms with Crippen LogP contribution in [0.3, 0.4) is 0 Å². The smallest absolute Gasteiger partial charge is 0.319 e. The fraction of sp³-hybridized carbons (Fsp3) is 0.486. The first-order valence-electron chi connectivity index (χ1n) is 16.3. The number of ether oxygens (including phenoxy) is 2. The van der Waals surface area contributed by atoms with Crippen LogP contribution < -0.4 is 15.0 Å². The van der Waals surface area contributed by atoms with Crippen LogP contribution in [0.15, 0.2) is 30.3 Å². The summed E-state index contributed by atoms with van der Waals surface area (Å²) in [4.78, 5) is 13.7. The molecule has 2 N–H and O–H groups in total. The van der Waals surface area contributed by atoms with Crippen molar-refractivity contribution >= 4 is 27.5 Å².